The van der Waals surface area contributed by atoms with Crippen LogP contribution in [0.1, 0.15) is 38.1 Å². The second-order valence-electron chi connectivity index (χ2n) is 4.14. The highest BCUT2D eigenvalue weighted by Gasteiger charge is 2.16. The average molecular weight is 244 g/mol. The predicted molar refractivity (Wildman–Crippen MR) is 69.1 cm³/mol. The number of aromatic nitrogens is 2. The Labute approximate surface area is 103 Å². The molecule has 0 fully saturated rings. The summed E-state index contributed by atoms with van der Waals surface area (Å²) in [6.45, 7) is 7.15. The van der Waals surface area contributed by atoms with Crippen LogP contribution in [-0.2, 0) is 13.0 Å². The van der Waals surface area contributed by atoms with Crippen molar-refractivity contribution in [2.45, 2.75) is 52.6 Å². The molecule has 1 aromatic rings. The molecular weight excluding hydrogens is 222 g/mol. The summed E-state index contributed by atoms with van der Waals surface area (Å²) in [5.74, 6) is 0. The number of hydrogen-bond acceptors (Lipinski definition) is 2. The van der Waals surface area contributed by atoms with Crippen LogP contribution in [0.4, 0.5) is 0 Å². The van der Waals surface area contributed by atoms with Gasteiger partial charge in [0.1, 0.15) is 0 Å². The maximum absolute atomic E-state index is 6.28. The molecule has 0 aliphatic rings. The van der Waals surface area contributed by atoms with E-state index in [2.05, 4.69) is 24.3 Å². The molecule has 92 valence electrons. The van der Waals surface area contributed by atoms with Crippen LogP contribution in [0.2, 0.25) is 5.02 Å². The molecule has 0 saturated heterocycles. The molecule has 0 aromatic carbocycles. The smallest absolute Gasteiger partial charge is 0.0847 e. The third kappa shape index (κ3) is 2.98. The lowest BCUT2D eigenvalue weighted by molar-refractivity contribution is 0.489. The molecule has 0 spiro atoms. The third-order valence-corrected chi connectivity index (χ3v) is 3.43. The van der Waals surface area contributed by atoms with Crippen molar-refractivity contribution in [3.8, 4) is 0 Å². The van der Waals surface area contributed by atoms with Crippen molar-refractivity contribution in [2.75, 3.05) is 7.05 Å². The van der Waals surface area contributed by atoms with E-state index in [0.717, 1.165) is 29.4 Å². The Hall–Kier alpha value is -0.540. The van der Waals surface area contributed by atoms with Crippen molar-refractivity contribution in [3.05, 3.63) is 16.4 Å². The van der Waals surface area contributed by atoms with E-state index in [4.69, 9.17) is 11.6 Å². The molecule has 3 nitrogen and oxygen atoms in total. The molecule has 1 aromatic heterocycles. The van der Waals surface area contributed by atoms with Gasteiger partial charge in [0.2, 0.25) is 0 Å². The van der Waals surface area contributed by atoms with Crippen LogP contribution in [0.3, 0.4) is 0 Å². The first-order valence-electron chi connectivity index (χ1n) is 6.03. The van der Waals surface area contributed by atoms with Gasteiger partial charge in [-0.2, -0.15) is 5.10 Å². The lowest BCUT2D eigenvalue weighted by Gasteiger charge is -2.16. The van der Waals surface area contributed by atoms with Crippen LogP contribution in [0.15, 0.2) is 0 Å². The van der Waals surface area contributed by atoms with Crippen LogP contribution < -0.4 is 5.32 Å². The second kappa shape index (κ2) is 6.26. The van der Waals surface area contributed by atoms with E-state index in [1.165, 1.54) is 12.8 Å². The van der Waals surface area contributed by atoms with E-state index in [1.54, 1.807) is 0 Å². The van der Waals surface area contributed by atoms with Crippen molar-refractivity contribution < 1.29 is 0 Å². The SMILES string of the molecule is CCCC(Cc1c(Cl)c(C)nn1CC)NC. The Kier molecular flexibility index (Phi) is 5.29. The van der Waals surface area contributed by atoms with Gasteiger partial charge in [-0.05, 0) is 27.3 Å². The summed E-state index contributed by atoms with van der Waals surface area (Å²) in [4.78, 5) is 0. The van der Waals surface area contributed by atoms with Crippen molar-refractivity contribution in [2.24, 2.45) is 0 Å². The summed E-state index contributed by atoms with van der Waals surface area (Å²) < 4.78 is 2.01. The number of nitrogens with one attached hydrogen (secondary N) is 1. The van der Waals surface area contributed by atoms with Gasteiger partial charge < -0.3 is 5.32 Å². The molecule has 0 amide bonds. The fourth-order valence-corrected chi connectivity index (χ4v) is 2.21. The lowest BCUT2D eigenvalue weighted by Crippen LogP contribution is -2.28. The topological polar surface area (TPSA) is 29.9 Å². The number of hydrogen-bond donors (Lipinski definition) is 1. The predicted octanol–water partition coefficient (Wildman–Crippen LogP) is 2.80. The molecule has 0 aliphatic heterocycles. The number of likely N-dealkylation sites (N-methyl/N-ethyl adjacent to an activating group) is 1. The molecule has 16 heavy (non-hydrogen) atoms. The standard InChI is InChI=1S/C12H22ClN3/c1-5-7-10(14-4)8-11-12(13)9(3)15-16(11)6-2/h10,14H,5-8H2,1-4H3. The monoisotopic (exact) mass is 243 g/mol. The highest BCUT2D eigenvalue weighted by Crippen LogP contribution is 2.22. The first-order valence-corrected chi connectivity index (χ1v) is 6.40. The van der Waals surface area contributed by atoms with Crippen LogP contribution in [0.5, 0.6) is 0 Å². The molecule has 1 N–H and O–H groups in total. The highest BCUT2D eigenvalue weighted by molar-refractivity contribution is 6.31. The third-order valence-electron chi connectivity index (χ3n) is 2.94. The highest BCUT2D eigenvalue weighted by atomic mass is 35.5. The molecule has 1 rings (SSSR count). The number of halogens is 1. The van der Waals surface area contributed by atoms with Gasteiger partial charge in [0.15, 0.2) is 0 Å². The fraction of sp³-hybridized carbons (Fsp3) is 0.750. The summed E-state index contributed by atoms with van der Waals surface area (Å²) in [5.41, 5.74) is 2.10. The summed E-state index contributed by atoms with van der Waals surface area (Å²) in [6, 6.07) is 0.490. The molecule has 4 heteroatoms. The summed E-state index contributed by atoms with van der Waals surface area (Å²) in [6.07, 6.45) is 3.31. The number of aryl methyl sites for hydroxylation is 2. The van der Waals surface area contributed by atoms with Crippen molar-refractivity contribution in [3.63, 3.8) is 0 Å². The van der Waals surface area contributed by atoms with Crippen LogP contribution in [0.25, 0.3) is 0 Å². The molecule has 0 bridgehead atoms. The van der Waals surface area contributed by atoms with Gasteiger partial charge in [-0.1, -0.05) is 24.9 Å². The van der Waals surface area contributed by atoms with Crippen molar-refractivity contribution in [1.29, 1.82) is 0 Å². The van der Waals surface area contributed by atoms with Crippen LogP contribution in [-0.4, -0.2) is 22.9 Å². The first kappa shape index (κ1) is 13.5. The van der Waals surface area contributed by atoms with Gasteiger partial charge in [0, 0.05) is 19.0 Å². The minimum atomic E-state index is 0.490. The lowest BCUT2D eigenvalue weighted by atomic mass is 10.1. The van der Waals surface area contributed by atoms with Crippen LogP contribution >= 0.6 is 11.6 Å². The number of rotatable bonds is 6. The van der Waals surface area contributed by atoms with E-state index < -0.39 is 0 Å². The zero-order valence-electron chi connectivity index (χ0n) is 10.7. The summed E-state index contributed by atoms with van der Waals surface area (Å²) in [5, 5.41) is 8.60. The van der Waals surface area contributed by atoms with E-state index in [9.17, 15) is 0 Å². The van der Waals surface area contributed by atoms with Gasteiger partial charge in [-0.3, -0.25) is 4.68 Å². The molecule has 1 heterocycles. The van der Waals surface area contributed by atoms with E-state index in [-0.39, 0.29) is 0 Å². The van der Waals surface area contributed by atoms with Gasteiger partial charge in [0.05, 0.1) is 16.4 Å². The Morgan fingerprint density at radius 2 is 2.12 bits per heavy atom. The van der Waals surface area contributed by atoms with Crippen molar-refractivity contribution in [1.82, 2.24) is 15.1 Å². The summed E-state index contributed by atoms with van der Waals surface area (Å²) >= 11 is 6.28. The van der Waals surface area contributed by atoms with E-state index in [0.29, 0.717) is 6.04 Å². The van der Waals surface area contributed by atoms with Crippen molar-refractivity contribution >= 4 is 11.6 Å². The molecule has 1 unspecified atom stereocenters. The fourth-order valence-electron chi connectivity index (χ4n) is 1.99. The molecule has 0 radical (unpaired) electrons. The van der Waals surface area contributed by atoms with E-state index in [1.807, 2.05) is 18.7 Å². The Morgan fingerprint density at radius 3 is 2.62 bits per heavy atom. The normalized spacial score (nSPS) is 13.1. The maximum atomic E-state index is 6.28. The van der Waals surface area contributed by atoms with Gasteiger partial charge in [-0.25, -0.2) is 0 Å². The van der Waals surface area contributed by atoms with Crippen LogP contribution in [0, 0.1) is 6.92 Å². The maximum Gasteiger partial charge on any atom is 0.0847 e. The van der Waals surface area contributed by atoms with Gasteiger partial charge in [-0.15, -0.1) is 0 Å². The quantitative estimate of drug-likeness (QED) is 0.833. The Balaban J connectivity index is 2.85. The molecule has 1 atom stereocenters. The first-order chi connectivity index (χ1) is 7.63. The average Bonchev–Trinajstić information content (AvgIpc) is 2.55. The summed E-state index contributed by atoms with van der Waals surface area (Å²) in [7, 11) is 2.01. The Bertz CT molecular complexity index is 333. The minimum absolute atomic E-state index is 0.490. The minimum Gasteiger partial charge on any atom is -0.317 e. The van der Waals surface area contributed by atoms with Gasteiger partial charge >= 0.3 is 0 Å². The largest absolute Gasteiger partial charge is 0.317 e. The molecule has 0 saturated carbocycles. The number of nitrogens with zero attached hydrogens (tertiary/aromatic N) is 2. The molecule has 0 aliphatic carbocycles. The molecular formula is C12H22ClN3. The Morgan fingerprint density at radius 1 is 1.44 bits per heavy atom. The van der Waals surface area contributed by atoms with Gasteiger partial charge in [0.25, 0.3) is 0 Å². The second-order valence-corrected chi connectivity index (χ2v) is 4.52. The zero-order valence-corrected chi connectivity index (χ0v) is 11.4. The zero-order chi connectivity index (χ0) is 12.1. The van der Waals surface area contributed by atoms with E-state index >= 15 is 0 Å².